The summed E-state index contributed by atoms with van der Waals surface area (Å²) < 4.78 is 0. The lowest BCUT2D eigenvalue weighted by molar-refractivity contribution is -0.256. The van der Waals surface area contributed by atoms with Crippen molar-refractivity contribution in [2.75, 3.05) is 26.3 Å². The molecule has 6 heteroatoms. The highest BCUT2D eigenvalue weighted by molar-refractivity contribution is 5.93. The lowest BCUT2D eigenvalue weighted by Gasteiger charge is -2.37. The van der Waals surface area contributed by atoms with Gasteiger partial charge in [-0.1, -0.05) is 37.3 Å². The van der Waals surface area contributed by atoms with Gasteiger partial charge in [0.2, 0.25) is 0 Å². The molecule has 127 valence electrons. The van der Waals surface area contributed by atoms with E-state index in [0.717, 1.165) is 10.6 Å². The van der Waals surface area contributed by atoms with E-state index < -0.39 is 11.2 Å². The van der Waals surface area contributed by atoms with E-state index in [9.17, 15) is 15.4 Å². The van der Waals surface area contributed by atoms with Crippen molar-refractivity contribution in [1.29, 1.82) is 0 Å². The topological polar surface area (TPSA) is 79.2 Å². The van der Waals surface area contributed by atoms with Crippen molar-refractivity contribution >= 4 is 5.84 Å². The van der Waals surface area contributed by atoms with Crippen LogP contribution in [-0.2, 0) is 10.9 Å². The zero-order valence-corrected chi connectivity index (χ0v) is 14.1. The quantitative estimate of drug-likeness (QED) is 0.830. The minimum absolute atomic E-state index is 0.0571. The molecule has 0 fully saturated rings. The van der Waals surface area contributed by atoms with Gasteiger partial charge >= 0.3 is 0 Å². The van der Waals surface area contributed by atoms with Crippen molar-refractivity contribution in [3.05, 3.63) is 35.9 Å². The molecule has 0 spiro atoms. The number of aliphatic imine (C=N–C) groups is 1. The smallest absolute Gasteiger partial charge is 0.166 e. The molecular weight excluding hydrogens is 294 g/mol. The summed E-state index contributed by atoms with van der Waals surface area (Å²) in [6.45, 7) is 6.18. The molecule has 1 unspecified atom stereocenters. The number of hydroxylamine groups is 2. The van der Waals surface area contributed by atoms with E-state index in [0.29, 0.717) is 25.3 Å². The molecule has 0 aromatic heterocycles. The van der Waals surface area contributed by atoms with Gasteiger partial charge in [-0.05, 0) is 25.8 Å². The molecule has 1 radical (unpaired) electrons. The Bertz CT molecular complexity index is 541. The fraction of sp³-hybridized carbons (Fsp3) is 0.588. The van der Waals surface area contributed by atoms with Gasteiger partial charge in [-0.2, -0.15) is 0 Å². The van der Waals surface area contributed by atoms with E-state index in [-0.39, 0.29) is 13.2 Å². The van der Waals surface area contributed by atoms with E-state index in [2.05, 4.69) is 0 Å². The average Bonchev–Trinajstić information content (AvgIpc) is 2.76. The Hall–Kier alpha value is -1.47. The van der Waals surface area contributed by atoms with Gasteiger partial charge in [-0.15, -0.1) is 10.3 Å². The highest BCUT2D eigenvalue weighted by Crippen LogP contribution is 2.44. The van der Waals surface area contributed by atoms with Crippen LogP contribution in [0.2, 0.25) is 0 Å². The number of amidine groups is 1. The lowest BCUT2D eigenvalue weighted by atomic mass is 9.95. The molecule has 2 rings (SSSR count). The molecule has 2 N–H and O–H groups in total. The number of aliphatic hydroxyl groups excluding tert-OH is 2. The summed E-state index contributed by atoms with van der Waals surface area (Å²) in [5.74, 6) is 0.612. The van der Waals surface area contributed by atoms with Crippen molar-refractivity contribution in [3.8, 4) is 0 Å². The molecule has 0 saturated carbocycles. The van der Waals surface area contributed by atoms with Gasteiger partial charge in [0.25, 0.3) is 0 Å². The first kappa shape index (κ1) is 17.9. The second kappa shape index (κ2) is 6.97. The third kappa shape index (κ3) is 2.99. The number of aliphatic hydroxyl groups is 2. The van der Waals surface area contributed by atoms with Crippen molar-refractivity contribution in [1.82, 2.24) is 9.96 Å². The molecule has 0 amide bonds. The van der Waals surface area contributed by atoms with E-state index >= 15 is 0 Å². The average molecular weight is 320 g/mol. The fourth-order valence-corrected chi connectivity index (χ4v) is 3.25. The third-order valence-corrected chi connectivity index (χ3v) is 4.45. The number of nitrogens with zero attached hydrogens (tertiary/aromatic N) is 3. The summed E-state index contributed by atoms with van der Waals surface area (Å²) >= 11 is 0. The Balaban J connectivity index is 2.53. The molecule has 23 heavy (non-hydrogen) atoms. The lowest BCUT2D eigenvalue weighted by Crippen LogP contribution is -2.54. The van der Waals surface area contributed by atoms with E-state index in [4.69, 9.17) is 4.99 Å². The highest BCUT2D eigenvalue weighted by atomic mass is 16.5. The summed E-state index contributed by atoms with van der Waals surface area (Å²) in [6.07, 6.45) is 0.541. The van der Waals surface area contributed by atoms with Crippen molar-refractivity contribution in [2.24, 2.45) is 4.99 Å². The predicted molar refractivity (Wildman–Crippen MR) is 88.2 cm³/mol. The second-order valence-electron chi connectivity index (χ2n) is 6.26. The summed E-state index contributed by atoms with van der Waals surface area (Å²) in [5.41, 5.74) is -0.951. The van der Waals surface area contributed by atoms with Crippen molar-refractivity contribution < 1.29 is 15.4 Å². The molecule has 1 aliphatic heterocycles. The molecule has 1 heterocycles. The maximum absolute atomic E-state index is 13.2. The number of rotatable bonds is 6. The van der Waals surface area contributed by atoms with Gasteiger partial charge in [-0.25, -0.2) is 4.99 Å². The normalized spacial score (nSPS) is 23.8. The number of hydrogen-bond acceptors (Lipinski definition) is 5. The van der Waals surface area contributed by atoms with Crippen LogP contribution in [-0.4, -0.2) is 57.9 Å². The van der Waals surface area contributed by atoms with Crippen LogP contribution in [0.1, 0.15) is 32.8 Å². The van der Waals surface area contributed by atoms with Crippen LogP contribution in [0.3, 0.4) is 0 Å². The number of benzene rings is 1. The zero-order valence-electron chi connectivity index (χ0n) is 14.1. The monoisotopic (exact) mass is 320 g/mol. The minimum Gasteiger partial charge on any atom is -0.395 e. The first-order valence-electron chi connectivity index (χ1n) is 8.04. The van der Waals surface area contributed by atoms with Gasteiger partial charge in [0, 0.05) is 13.1 Å². The molecule has 6 nitrogen and oxygen atoms in total. The Morgan fingerprint density at radius 1 is 1.13 bits per heavy atom. The molecule has 1 aliphatic rings. The van der Waals surface area contributed by atoms with Crippen molar-refractivity contribution in [2.45, 2.75) is 38.4 Å². The first-order valence-corrected chi connectivity index (χ1v) is 8.04. The number of hydrogen-bond donors (Lipinski definition) is 2. The molecule has 1 aromatic rings. The maximum Gasteiger partial charge on any atom is 0.166 e. The molecule has 1 aromatic carbocycles. The Morgan fingerprint density at radius 3 is 2.17 bits per heavy atom. The van der Waals surface area contributed by atoms with Crippen LogP contribution >= 0.6 is 0 Å². The van der Waals surface area contributed by atoms with Crippen LogP contribution in [0.25, 0.3) is 0 Å². The molecule has 1 atom stereocenters. The molecule has 0 aliphatic carbocycles. The zero-order chi connectivity index (χ0) is 17.1. The van der Waals surface area contributed by atoms with Gasteiger partial charge in [-0.3, -0.25) is 0 Å². The third-order valence-electron chi connectivity index (χ3n) is 4.45. The summed E-state index contributed by atoms with van der Waals surface area (Å²) in [5, 5.41) is 32.8. The Morgan fingerprint density at radius 2 is 1.70 bits per heavy atom. The van der Waals surface area contributed by atoms with Crippen LogP contribution in [0.5, 0.6) is 0 Å². The van der Waals surface area contributed by atoms with Crippen LogP contribution < -0.4 is 0 Å². The first-order chi connectivity index (χ1) is 10.9. The minimum atomic E-state index is -0.969. The molecular formula is C17H26N3O3. The second-order valence-corrected chi connectivity index (χ2v) is 6.26. The van der Waals surface area contributed by atoms with E-state index in [1.165, 1.54) is 0 Å². The molecule has 0 bridgehead atoms. The van der Waals surface area contributed by atoms with Gasteiger partial charge < -0.3 is 15.1 Å². The molecule has 0 saturated heterocycles. The van der Waals surface area contributed by atoms with E-state index in [1.54, 1.807) is 4.90 Å². The maximum atomic E-state index is 13.2. The Kier molecular flexibility index (Phi) is 5.41. The Labute approximate surface area is 137 Å². The van der Waals surface area contributed by atoms with Gasteiger partial charge in [0.1, 0.15) is 11.4 Å². The SMILES string of the molecule is CCC1(c2ccccc2)N=C(N(CCO)CCO)C(C)(C)N1[O]. The largest absolute Gasteiger partial charge is 0.395 e. The van der Waals surface area contributed by atoms with E-state index in [1.807, 2.05) is 51.1 Å². The van der Waals surface area contributed by atoms with Gasteiger partial charge in [0.05, 0.1) is 13.2 Å². The summed E-state index contributed by atoms with van der Waals surface area (Å²) in [4.78, 5) is 6.61. The summed E-state index contributed by atoms with van der Waals surface area (Å²) in [6, 6.07) is 9.55. The predicted octanol–water partition coefficient (Wildman–Crippen LogP) is 1.37. The van der Waals surface area contributed by atoms with Crippen LogP contribution in [0, 0.1) is 0 Å². The highest BCUT2D eigenvalue weighted by Gasteiger charge is 2.55. The standard InChI is InChI=1S/C17H26N3O3/c1-4-17(14-8-6-5-7-9-14)18-15(16(2,3)20(17)23)19(10-12-21)11-13-22/h5-9,21-22H,4,10-13H2,1-3H3. The fourth-order valence-electron chi connectivity index (χ4n) is 3.25. The van der Waals surface area contributed by atoms with Crippen LogP contribution in [0.4, 0.5) is 0 Å². The summed E-state index contributed by atoms with van der Waals surface area (Å²) in [7, 11) is 0. The van der Waals surface area contributed by atoms with Gasteiger partial charge in [0.15, 0.2) is 5.66 Å². The van der Waals surface area contributed by atoms with Crippen molar-refractivity contribution in [3.63, 3.8) is 0 Å². The van der Waals surface area contributed by atoms with Crippen LogP contribution in [0.15, 0.2) is 35.3 Å².